The van der Waals surface area contributed by atoms with Crippen LogP contribution in [0.15, 0.2) is 22.6 Å². The number of aromatic nitrogens is 2. The fourth-order valence-electron chi connectivity index (χ4n) is 4.58. The van der Waals surface area contributed by atoms with Crippen LogP contribution in [0.4, 0.5) is 4.39 Å². The molecule has 5 nitrogen and oxygen atoms in total. The van der Waals surface area contributed by atoms with Crippen LogP contribution in [0.25, 0.3) is 10.1 Å². The van der Waals surface area contributed by atoms with Crippen molar-refractivity contribution in [2.75, 3.05) is 6.54 Å². The Bertz CT molecular complexity index is 1040. The van der Waals surface area contributed by atoms with Crippen LogP contribution in [0.1, 0.15) is 46.3 Å². The molecule has 0 N–H and O–H groups in total. The summed E-state index contributed by atoms with van der Waals surface area (Å²) in [6, 6.07) is 4.99. The summed E-state index contributed by atoms with van der Waals surface area (Å²) in [6.07, 6.45) is 2.83. The molecule has 134 valence electrons. The topological polar surface area (TPSA) is 59.2 Å². The summed E-state index contributed by atoms with van der Waals surface area (Å²) < 4.78 is 20.8. The third kappa shape index (κ3) is 1.92. The molecule has 1 saturated carbocycles. The van der Waals surface area contributed by atoms with E-state index in [9.17, 15) is 9.18 Å². The molecule has 26 heavy (non-hydrogen) atoms. The Morgan fingerprint density at radius 1 is 1.35 bits per heavy atom. The van der Waals surface area contributed by atoms with E-state index in [-0.39, 0.29) is 11.7 Å². The SMILES string of the molecule is Cc1nnc([C@]23CC[C@H]2CCN3C(=O)c2sc3cccc(F)c3c2C)o1. The van der Waals surface area contributed by atoms with Crippen LogP contribution in [0.3, 0.4) is 0 Å². The van der Waals surface area contributed by atoms with Gasteiger partial charge in [-0.2, -0.15) is 0 Å². The van der Waals surface area contributed by atoms with Gasteiger partial charge in [-0.05, 0) is 49.8 Å². The molecule has 2 aromatic heterocycles. The number of rotatable bonds is 2. The first-order chi connectivity index (χ1) is 12.5. The molecule has 3 aromatic rings. The van der Waals surface area contributed by atoms with Gasteiger partial charge in [-0.15, -0.1) is 21.5 Å². The second-order valence-electron chi connectivity index (χ2n) is 7.20. The molecule has 0 bridgehead atoms. The maximum absolute atomic E-state index is 14.2. The summed E-state index contributed by atoms with van der Waals surface area (Å²) >= 11 is 1.36. The van der Waals surface area contributed by atoms with E-state index < -0.39 is 5.54 Å². The lowest BCUT2D eigenvalue weighted by Gasteiger charge is -2.47. The normalized spacial score (nSPS) is 24.7. The maximum Gasteiger partial charge on any atom is 0.265 e. The number of halogens is 1. The second-order valence-corrected chi connectivity index (χ2v) is 8.25. The van der Waals surface area contributed by atoms with Crippen molar-refractivity contribution in [3.63, 3.8) is 0 Å². The number of thiophene rings is 1. The minimum absolute atomic E-state index is 0.0545. The number of aryl methyl sites for hydroxylation is 2. The van der Waals surface area contributed by atoms with Gasteiger partial charge in [0.15, 0.2) is 0 Å². The summed E-state index contributed by atoms with van der Waals surface area (Å²) in [4.78, 5) is 15.9. The molecule has 1 saturated heterocycles. The first-order valence-corrected chi connectivity index (χ1v) is 9.64. The molecule has 5 rings (SSSR count). The molecular weight excluding hydrogens is 353 g/mol. The first kappa shape index (κ1) is 15.9. The summed E-state index contributed by atoms with van der Waals surface area (Å²) in [5.74, 6) is 1.08. The molecule has 0 spiro atoms. The lowest BCUT2D eigenvalue weighted by atomic mass is 9.67. The van der Waals surface area contributed by atoms with E-state index >= 15 is 0 Å². The molecule has 2 fully saturated rings. The van der Waals surface area contributed by atoms with Gasteiger partial charge < -0.3 is 9.32 Å². The monoisotopic (exact) mass is 371 g/mol. The van der Waals surface area contributed by atoms with E-state index in [1.165, 1.54) is 17.4 Å². The number of hydrogen-bond donors (Lipinski definition) is 0. The van der Waals surface area contributed by atoms with Gasteiger partial charge in [-0.25, -0.2) is 4.39 Å². The number of nitrogens with zero attached hydrogens (tertiary/aromatic N) is 3. The Labute approximate surface area is 153 Å². The third-order valence-corrected chi connectivity index (χ3v) is 7.22. The van der Waals surface area contributed by atoms with Gasteiger partial charge in [0.2, 0.25) is 11.8 Å². The van der Waals surface area contributed by atoms with Crippen LogP contribution < -0.4 is 0 Å². The highest BCUT2D eigenvalue weighted by Crippen LogP contribution is 2.57. The number of hydrogen-bond acceptors (Lipinski definition) is 5. The van der Waals surface area contributed by atoms with Crippen molar-refractivity contribution in [2.24, 2.45) is 5.92 Å². The molecular formula is C19H18FN3O2S. The zero-order chi connectivity index (χ0) is 18.1. The van der Waals surface area contributed by atoms with Crippen LogP contribution in [0, 0.1) is 25.6 Å². The predicted octanol–water partition coefficient (Wildman–Crippen LogP) is 4.19. The predicted molar refractivity (Wildman–Crippen MR) is 95.6 cm³/mol. The molecule has 1 aliphatic heterocycles. The molecule has 3 heterocycles. The van der Waals surface area contributed by atoms with Crippen molar-refractivity contribution >= 4 is 27.3 Å². The van der Waals surface area contributed by atoms with Gasteiger partial charge in [-0.1, -0.05) is 6.07 Å². The van der Waals surface area contributed by atoms with Crippen LogP contribution in [-0.4, -0.2) is 27.5 Å². The van der Waals surface area contributed by atoms with Gasteiger partial charge in [0.1, 0.15) is 11.4 Å². The fraction of sp³-hybridized carbons (Fsp3) is 0.421. The lowest BCUT2D eigenvalue weighted by molar-refractivity contribution is -0.00315. The van der Waals surface area contributed by atoms with E-state index in [4.69, 9.17) is 4.42 Å². The fourth-order valence-corrected chi connectivity index (χ4v) is 5.75. The van der Waals surface area contributed by atoms with Crippen molar-refractivity contribution in [3.05, 3.63) is 46.2 Å². The molecule has 0 radical (unpaired) electrons. The van der Waals surface area contributed by atoms with Crippen LogP contribution in [0.5, 0.6) is 0 Å². The molecule has 2 atom stereocenters. The van der Waals surface area contributed by atoms with Crippen LogP contribution in [-0.2, 0) is 5.54 Å². The van der Waals surface area contributed by atoms with Gasteiger partial charge in [-0.3, -0.25) is 4.79 Å². The van der Waals surface area contributed by atoms with Crippen LogP contribution >= 0.6 is 11.3 Å². The largest absolute Gasteiger partial charge is 0.423 e. The minimum atomic E-state index is -0.487. The van der Waals surface area contributed by atoms with E-state index in [2.05, 4.69) is 10.2 Å². The average molecular weight is 371 g/mol. The quantitative estimate of drug-likeness (QED) is 0.678. The van der Waals surface area contributed by atoms with Gasteiger partial charge in [0, 0.05) is 23.6 Å². The molecule has 7 heteroatoms. The number of benzene rings is 1. The first-order valence-electron chi connectivity index (χ1n) is 8.82. The zero-order valence-electron chi connectivity index (χ0n) is 14.6. The number of fused-ring (bicyclic) bond motifs is 2. The molecule has 1 aliphatic carbocycles. The Morgan fingerprint density at radius 3 is 2.85 bits per heavy atom. The lowest BCUT2D eigenvalue weighted by Crippen LogP contribution is -2.53. The van der Waals surface area contributed by atoms with Crippen molar-refractivity contribution in [1.82, 2.24) is 15.1 Å². The zero-order valence-corrected chi connectivity index (χ0v) is 15.4. The molecule has 0 unspecified atom stereocenters. The van der Waals surface area contributed by atoms with Crippen LogP contribution in [0.2, 0.25) is 0 Å². The summed E-state index contributed by atoms with van der Waals surface area (Å²) in [5.41, 5.74) is 0.229. The van der Waals surface area contributed by atoms with E-state index in [1.54, 1.807) is 13.0 Å². The highest BCUT2D eigenvalue weighted by atomic mass is 32.1. The summed E-state index contributed by atoms with van der Waals surface area (Å²) in [5, 5.41) is 8.76. The number of amides is 1. The van der Waals surface area contributed by atoms with E-state index in [0.717, 1.165) is 24.0 Å². The van der Waals surface area contributed by atoms with Gasteiger partial charge in [0.05, 0.1) is 4.88 Å². The second kappa shape index (κ2) is 5.36. The summed E-state index contributed by atoms with van der Waals surface area (Å²) in [6.45, 7) is 4.26. The van der Waals surface area contributed by atoms with Gasteiger partial charge >= 0.3 is 0 Å². The molecule has 1 amide bonds. The number of carbonyl (C=O) groups excluding carboxylic acids is 1. The highest BCUT2D eigenvalue weighted by Gasteiger charge is 2.61. The number of carbonyl (C=O) groups is 1. The Hall–Kier alpha value is -2.28. The highest BCUT2D eigenvalue weighted by molar-refractivity contribution is 7.21. The summed E-state index contributed by atoms with van der Waals surface area (Å²) in [7, 11) is 0. The number of likely N-dealkylation sites (tertiary alicyclic amines) is 1. The minimum Gasteiger partial charge on any atom is -0.423 e. The van der Waals surface area contributed by atoms with Crippen molar-refractivity contribution in [1.29, 1.82) is 0 Å². The smallest absolute Gasteiger partial charge is 0.265 e. The average Bonchev–Trinajstić information content (AvgIpc) is 3.23. The molecule has 2 aliphatic rings. The van der Waals surface area contributed by atoms with Crippen molar-refractivity contribution in [2.45, 2.75) is 38.6 Å². The molecule has 1 aromatic carbocycles. The Morgan fingerprint density at radius 2 is 2.19 bits per heavy atom. The Balaban J connectivity index is 1.60. The van der Waals surface area contributed by atoms with E-state index in [0.29, 0.717) is 40.1 Å². The Kier molecular flexibility index (Phi) is 3.28. The van der Waals surface area contributed by atoms with E-state index in [1.807, 2.05) is 17.9 Å². The van der Waals surface area contributed by atoms with Crippen molar-refractivity contribution < 1.29 is 13.6 Å². The van der Waals surface area contributed by atoms with Gasteiger partial charge in [0.25, 0.3) is 5.91 Å². The van der Waals surface area contributed by atoms with Crippen molar-refractivity contribution in [3.8, 4) is 0 Å². The maximum atomic E-state index is 14.2. The standard InChI is InChI=1S/C19H18FN3O2S/c1-10-15-13(20)4-3-5-14(15)26-16(10)17(24)23-9-7-12-6-8-19(12,23)18-22-21-11(2)25-18/h3-5,12H,6-9H2,1-2H3/t12-,19-/m0/s1. The third-order valence-electron chi connectivity index (χ3n) is 5.97.